The first kappa shape index (κ1) is 20.4. The van der Waals surface area contributed by atoms with E-state index in [2.05, 4.69) is 10.4 Å². The third-order valence-corrected chi connectivity index (χ3v) is 4.20. The summed E-state index contributed by atoms with van der Waals surface area (Å²) in [5.41, 5.74) is 0.766. The van der Waals surface area contributed by atoms with E-state index in [1.807, 2.05) is 31.2 Å². The number of aryl methyl sites for hydroxylation is 1. The predicted octanol–water partition coefficient (Wildman–Crippen LogP) is 4.67. The van der Waals surface area contributed by atoms with Gasteiger partial charge in [0, 0.05) is 6.54 Å². The first-order chi connectivity index (χ1) is 13.8. The van der Waals surface area contributed by atoms with Crippen LogP contribution < -0.4 is 10.1 Å². The number of aromatic nitrogens is 2. The Balaban J connectivity index is 1.72. The van der Waals surface area contributed by atoms with Gasteiger partial charge in [-0.15, -0.1) is 0 Å². The fraction of sp³-hybridized carbons (Fsp3) is 0.200. The van der Waals surface area contributed by atoms with Crippen LogP contribution in [0.15, 0.2) is 54.7 Å². The molecule has 0 unspecified atom stereocenters. The van der Waals surface area contributed by atoms with Gasteiger partial charge in [-0.3, -0.25) is 0 Å². The second kappa shape index (κ2) is 8.34. The zero-order valence-corrected chi connectivity index (χ0v) is 15.3. The highest BCUT2D eigenvalue weighted by Crippen LogP contribution is 2.37. The topological polar surface area (TPSA) is 56.1 Å². The highest BCUT2D eigenvalue weighted by molar-refractivity contribution is 5.70. The Bertz CT molecular complexity index is 998. The summed E-state index contributed by atoms with van der Waals surface area (Å²) in [4.78, 5) is 12.0. The summed E-state index contributed by atoms with van der Waals surface area (Å²) in [7, 11) is 0. The molecule has 152 valence electrons. The molecule has 0 fully saturated rings. The number of hydrogen-bond donors (Lipinski definition) is 1. The number of ether oxygens (including phenoxy) is 1. The molecule has 1 heterocycles. The molecule has 5 nitrogen and oxygen atoms in total. The summed E-state index contributed by atoms with van der Waals surface area (Å²) in [6.45, 7) is 2.12. The van der Waals surface area contributed by atoms with E-state index in [4.69, 9.17) is 4.74 Å². The van der Waals surface area contributed by atoms with Crippen LogP contribution in [0.4, 0.5) is 22.4 Å². The lowest BCUT2D eigenvalue weighted by Crippen LogP contribution is -2.29. The van der Waals surface area contributed by atoms with E-state index in [1.165, 1.54) is 0 Å². The van der Waals surface area contributed by atoms with Gasteiger partial charge in [0.25, 0.3) is 0 Å². The van der Waals surface area contributed by atoms with Crippen LogP contribution in [-0.2, 0) is 12.6 Å². The van der Waals surface area contributed by atoms with Crippen molar-refractivity contribution >= 4 is 6.09 Å². The van der Waals surface area contributed by atoms with Gasteiger partial charge in [-0.2, -0.15) is 18.3 Å². The Hall–Kier alpha value is -3.36. The Morgan fingerprint density at radius 1 is 1.14 bits per heavy atom. The summed E-state index contributed by atoms with van der Waals surface area (Å²) < 4.78 is 59.0. The second-order valence-electron chi connectivity index (χ2n) is 6.24. The number of alkyl halides is 3. The maximum absolute atomic E-state index is 13.5. The van der Waals surface area contributed by atoms with Crippen LogP contribution >= 0.6 is 0 Å². The van der Waals surface area contributed by atoms with Crippen LogP contribution in [0.2, 0.25) is 0 Å². The first-order valence-electron chi connectivity index (χ1n) is 8.67. The van der Waals surface area contributed by atoms with Gasteiger partial charge in [0.15, 0.2) is 11.4 Å². The first-order valence-corrected chi connectivity index (χ1v) is 8.67. The Labute approximate surface area is 163 Å². The van der Waals surface area contributed by atoms with Crippen LogP contribution in [0.3, 0.4) is 0 Å². The quantitative estimate of drug-likeness (QED) is 0.626. The molecule has 0 saturated heterocycles. The lowest BCUT2D eigenvalue weighted by Gasteiger charge is -2.13. The van der Waals surface area contributed by atoms with Gasteiger partial charge in [0.1, 0.15) is 5.82 Å². The average molecular weight is 407 g/mol. The summed E-state index contributed by atoms with van der Waals surface area (Å²) in [6.07, 6.45) is -4.57. The van der Waals surface area contributed by atoms with Crippen molar-refractivity contribution in [3.8, 4) is 11.4 Å². The molecule has 9 heteroatoms. The predicted molar refractivity (Wildman–Crippen MR) is 97.4 cm³/mol. The van der Waals surface area contributed by atoms with Crippen molar-refractivity contribution in [1.29, 1.82) is 0 Å². The molecule has 29 heavy (non-hydrogen) atoms. The largest absolute Gasteiger partial charge is 0.437 e. The monoisotopic (exact) mass is 407 g/mol. The van der Waals surface area contributed by atoms with E-state index < -0.39 is 29.5 Å². The fourth-order valence-corrected chi connectivity index (χ4v) is 2.77. The zero-order valence-electron chi connectivity index (χ0n) is 15.3. The normalized spacial score (nSPS) is 11.3. The number of benzene rings is 2. The van der Waals surface area contributed by atoms with Gasteiger partial charge in [0.2, 0.25) is 0 Å². The minimum absolute atomic E-state index is 0.0199. The molecule has 1 N–H and O–H groups in total. The van der Waals surface area contributed by atoms with Crippen LogP contribution in [0.1, 0.15) is 16.8 Å². The molecule has 0 aliphatic heterocycles. The third-order valence-electron chi connectivity index (χ3n) is 4.20. The van der Waals surface area contributed by atoms with Crippen molar-refractivity contribution in [3.63, 3.8) is 0 Å². The molecular formula is C20H17F4N3O2. The summed E-state index contributed by atoms with van der Waals surface area (Å²) in [5.74, 6) is -1.34. The van der Waals surface area contributed by atoms with Crippen LogP contribution in [0.25, 0.3) is 5.69 Å². The molecule has 3 rings (SSSR count). The molecule has 0 atom stereocenters. The molecule has 1 amide bonds. The molecule has 2 aromatic carbocycles. The molecule has 1 aromatic heterocycles. The highest BCUT2D eigenvalue weighted by atomic mass is 19.4. The number of carbonyl (C=O) groups is 1. The van der Waals surface area contributed by atoms with Crippen LogP contribution in [-0.4, -0.2) is 22.4 Å². The van der Waals surface area contributed by atoms with Crippen LogP contribution in [0, 0.1) is 12.7 Å². The fourth-order valence-electron chi connectivity index (χ4n) is 2.77. The van der Waals surface area contributed by atoms with Gasteiger partial charge in [-0.1, -0.05) is 24.3 Å². The minimum atomic E-state index is -4.85. The number of carbonyl (C=O) groups excluding carboxylic acids is 1. The van der Waals surface area contributed by atoms with E-state index in [9.17, 15) is 22.4 Å². The van der Waals surface area contributed by atoms with Crippen molar-refractivity contribution in [3.05, 3.63) is 77.4 Å². The number of nitrogens with one attached hydrogen (secondary N) is 1. The van der Waals surface area contributed by atoms with Crippen molar-refractivity contribution < 1.29 is 27.1 Å². The second-order valence-corrected chi connectivity index (χ2v) is 6.24. The molecule has 0 saturated carbocycles. The summed E-state index contributed by atoms with van der Waals surface area (Å²) in [5, 5.41) is 6.07. The van der Waals surface area contributed by atoms with E-state index >= 15 is 0 Å². The molecule has 0 spiro atoms. The Kier molecular flexibility index (Phi) is 5.86. The van der Waals surface area contributed by atoms with Gasteiger partial charge in [-0.05, 0) is 48.7 Å². The molecule has 3 aromatic rings. The van der Waals surface area contributed by atoms with Gasteiger partial charge < -0.3 is 10.1 Å². The Morgan fingerprint density at radius 2 is 1.83 bits per heavy atom. The van der Waals surface area contributed by atoms with Crippen molar-refractivity contribution in [2.24, 2.45) is 0 Å². The molecule has 0 aliphatic carbocycles. The number of rotatable bonds is 5. The number of hydrogen-bond acceptors (Lipinski definition) is 3. The number of halogens is 4. The van der Waals surface area contributed by atoms with Gasteiger partial charge in [0.05, 0.1) is 11.9 Å². The Morgan fingerprint density at radius 3 is 2.48 bits per heavy atom. The van der Waals surface area contributed by atoms with Gasteiger partial charge in [-0.25, -0.2) is 13.9 Å². The summed E-state index contributed by atoms with van der Waals surface area (Å²) in [6, 6.07) is 11.9. The van der Waals surface area contributed by atoms with Gasteiger partial charge >= 0.3 is 12.3 Å². The van der Waals surface area contributed by atoms with E-state index in [0.29, 0.717) is 11.1 Å². The van der Waals surface area contributed by atoms with Crippen molar-refractivity contribution in [2.75, 3.05) is 6.54 Å². The molecule has 0 aliphatic rings. The maximum atomic E-state index is 13.5. The minimum Gasteiger partial charge on any atom is -0.406 e. The lowest BCUT2D eigenvalue weighted by molar-refractivity contribution is -0.143. The van der Waals surface area contributed by atoms with Crippen LogP contribution in [0.5, 0.6) is 5.75 Å². The molecule has 0 radical (unpaired) electrons. The zero-order chi connectivity index (χ0) is 21.0. The summed E-state index contributed by atoms with van der Waals surface area (Å²) >= 11 is 0. The molecule has 0 bridgehead atoms. The van der Waals surface area contributed by atoms with E-state index in [-0.39, 0.29) is 12.2 Å². The van der Waals surface area contributed by atoms with Crippen molar-refractivity contribution in [1.82, 2.24) is 15.1 Å². The lowest BCUT2D eigenvalue weighted by atomic mass is 10.1. The number of amides is 1. The molecular weight excluding hydrogens is 390 g/mol. The highest BCUT2D eigenvalue weighted by Gasteiger charge is 2.40. The van der Waals surface area contributed by atoms with Crippen molar-refractivity contribution in [2.45, 2.75) is 19.5 Å². The SMILES string of the molecule is Cc1ccccc1CCNC(=O)Oc1cnn(-c2ccc(F)cc2)c1C(F)(F)F. The standard InChI is InChI=1S/C20H17F4N3O2/c1-13-4-2-3-5-14(13)10-11-25-19(28)29-17-12-26-27(18(17)20(22,23)24)16-8-6-15(21)7-9-16/h2-9,12H,10-11H2,1H3,(H,25,28). The van der Waals surface area contributed by atoms with E-state index in [0.717, 1.165) is 41.6 Å². The number of nitrogens with zero attached hydrogens (tertiary/aromatic N) is 2. The average Bonchev–Trinajstić information content (AvgIpc) is 3.08. The third kappa shape index (κ3) is 4.92. The van der Waals surface area contributed by atoms with E-state index in [1.54, 1.807) is 0 Å². The smallest absolute Gasteiger partial charge is 0.406 e. The maximum Gasteiger partial charge on any atom is 0.437 e.